The molecule has 0 heterocycles. The number of hydrogen-bond donors (Lipinski definition) is 0. The smallest absolute Gasteiger partial charge is 0.212 e. The molecule has 0 spiro atoms. The Hall–Kier alpha value is -0.0600. The quantitative estimate of drug-likeness (QED) is 0.804. The first kappa shape index (κ1) is 11.4. The van der Waals surface area contributed by atoms with Crippen molar-refractivity contribution in [3.05, 3.63) is 34.3 Å². The summed E-state index contributed by atoms with van der Waals surface area (Å²) in [5.41, 5.74) is 1.01. The van der Waals surface area contributed by atoms with Crippen LogP contribution in [0.1, 0.15) is 18.4 Å². The third-order valence-corrected chi connectivity index (χ3v) is 5.86. The van der Waals surface area contributed by atoms with Crippen LogP contribution in [0.2, 0.25) is 0 Å². The molecular formula is C10H10BrClO2S. The predicted molar refractivity (Wildman–Crippen MR) is 64.6 cm³/mol. The van der Waals surface area contributed by atoms with Gasteiger partial charge in [-0.15, -0.1) is 0 Å². The van der Waals surface area contributed by atoms with Gasteiger partial charge in [-0.25, -0.2) is 8.42 Å². The lowest BCUT2D eigenvalue weighted by atomic mass is 10.1. The lowest BCUT2D eigenvalue weighted by Gasteiger charge is -2.10. The van der Waals surface area contributed by atoms with Gasteiger partial charge in [-0.05, 0) is 37.0 Å². The van der Waals surface area contributed by atoms with E-state index in [1.165, 1.54) is 0 Å². The second-order valence-electron chi connectivity index (χ2n) is 3.92. The van der Waals surface area contributed by atoms with Gasteiger partial charge in [-0.2, -0.15) is 0 Å². The van der Waals surface area contributed by atoms with Crippen LogP contribution < -0.4 is 0 Å². The minimum absolute atomic E-state index is 0.520. The first-order valence-electron chi connectivity index (χ1n) is 4.62. The van der Waals surface area contributed by atoms with E-state index in [1.807, 2.05) is 24.3 Å². The Morgan fingerprint density at radius 1 is 1.27 bits per heavy atom. The van der Waals surface area contributed by atoms with Gasteiger partial charge in [-0.3, -0.25) is 0 Å². The minimum Gasteiger partial charge on any atom is -0.212 e. The van der Waals surface area contributed by atoms with Crippen LogP contribution in [-0.2, 0) is 15.5 Å². The van der Waals surface area contributed by atoms with Gasteiger partial charge < -0.3 is 0 Å². The van der Waals surface area contributed by atoms with E-state index >= 15 is 0 Å². The highest BCUT2D eigenvalue weighted by Gasteiger charge is 2.53. The molecule has 0 N–H and O–H groups in total. The monoisotopic (exact) mass is 308 g/mol. The van der Waals surface area contributed by atoms with E-state index in [-0.39, 0.29) is 0 Å². The van der Waals surface area contributed by atoms with Crippen LogP contribution in [0.15, 0.2) is 28.7 Å². The molecular weight excluding hydrogens is 300 g/mol. The summed E-state index contributed by atoms with van der Waals surface area (Å²) in [5.74, 6) is 0. The van der Waals surface area contributed by atoms with E-state index in [1.54, 1.807) is 0 Å². The summed E-state index contributed by atoms with van der Waals surface area (Å²) in [6, 6.07) is 7.66. The third kappa shape index (κ3) is 2.37. The minimum atomic E-state index is -3.44. The lowest BCUT2D eigenvalue weighted by molar-refractivity contribution is 0.590. The van der Waals surface area contributed by atoms with E-state index in [0.29, 0.717) is 19.3 Å². The molecule has 1 aromatic carbocycles. The topological polar surface area (TPSA) is 34.1 Å². The van der Waals surface area contributed by atoms with Crippen LogP contribution in [0.25, 0.3) is 0 Å². The maximum absolute atomic E-state index is 11.3. The number of rotatable bonds is 3. The highest BCUT2D eigenvalue weighted by atomic mass is 79.9. The van der Waals surface area contributed by atoms with Gasteiger partial charge in [0.05, 0.1) is 4.75 Å². The van der Waals surface area contributed by atoms with Crippen molar-refractivity contribution in [2.75, 3.05) is 0 Å². The molecule has 0 aromatic heterocycles. The average molecular weight is 310 g/mol. The van der Waals surface area contributed by atoms with Gasteiger partial charge in [0.2, 0.25) is 9.05 Å². The van der Waals surface area contributed by atoms with Crippen molar-refractivity contribution in [1.82, 2.24) is 0 Å². The summed E-state index contributed by atoms with van der Waals surface area (Å²) in [6.07, 6.45) is 1.87. The zero-order chi connectivity index (χ0) is 11.1. The first-order chi connectivity index (χ1) is 6.93. The van der Waals surface area contributed by atoms with Crippen molar-refractivity contribution in [2.24, 2.45) is 0 Å². The number of halogens is 2. The summed E-state index contributed by atoms with van der Waals surface area (Å²) < 4.78 is 23.0. The maximum Gasteiger partial charge on any atom is 0.238 e. The zero-order valence-electron chi connectivity index (χ0n) is 7.91. The van der Waals surface area contributed by atoms with Crippen molar-refractivity contribution in [3.8, 4) is 0 Å². The molecule has 2 rings (SSSR count). The number of hydrogen-bond acceptors (Lipinski definition) is 2. The van der Waals surface area contributed by atoms with Crippen LogP contribution in [0.3, 0.4) is 0 Å². The Labute approximate surface area is 102 Å². The van der Waals surface area contributed by atoms with E-state index in [2.05, 4.69) is 15.9 Å². The Balaban J connectivity index is 2.20. The Morgan fingerprint density at radius 3 is 2.20 bits per heavy atom. The van der Waals surface area contributed by atoms with Gasteiger partial charge in [0.15, 0.2) is 0 Å². The Kier molecular flexibility index (Phi) is 2.86. The predicted octanol–water partition coefficient (Wildman–Crippen LogP) is 3.09. The van der Waals surface area contributed by atoms with Crippen molar-refractivity contribution < 1.29 is 8.42 Å². The van der Waals surface area contributed by atoms with Crippen LogP contribution >= 0.6 is 26.6 Å². The van der Waals surface area contributed by atoms with Crippen molar-refractivity contribution >= 4 is 35.7 Å². The van der Waals surface area contributed by atoms with E-state index in [0.717, 1.165) is 10.0 Å². The highest BCUT2D eigenvalue weighted by molar-refractivity contribution is 9.10. The fourth-order valence-electron chi connectivity index (χ4n) is 1.62. The van der Waals surface area contributed by atoms with Crippen LogP contribution in [0, 0.1) is 0 Å². The molecule has 15 heavy (non-hydrogen) atoms. The maximum atomic E-state index is 11.3. The molecule has 5 heteroatoms. The molecule has 0 saturated heterocycles. The van der Waals surface area contributed by atoms with Crippen LogP contribution in [0.4, 0.5) is 0 Å². The second-order valence-corrected chi connectivity index (χ2v) is 7.80. The molecule has 0 atom stereocenters. The highest BCUT2D eigenvalue weighted by Crippen LogP contribution is 2.48. The summed E-state index contributed by atoms with van der Waals surface area (Å²) in [7, 11) is 1.99. The zero-order valence-corrected chi connectivity index (χ0v) is 11.1. The number of benzene rings is 1. The first-order valence-corrected chi connectivity index (χ1v) is 7.72. The second kappa shape index (κ2) is 3.75. The Bertz CT molecular complexity index is 463. The van der Waals surface area contributed by atoms with E-state index < -0.39 is 13.8 Å². The van der Waals surface area contributed by atoms with Crippen LogP contribution in [0.5, 0.6) is 0 Å². The molecule has 2 nitrogen and oxygen atoms in total. The molecule has 1 aliphatic rings. The Morgan fingerprint density at radius 2 is 1.80 bits per heavy atom. The van der Waals surface area contributed by atoms with E-state index in [9.17, 15) is 8.42 Å². The summed E-state index contributed by atoms with van der Waals surface area (Å²) in [5, 5.41) is 0. The molecule has 82 valence electrons. The van der Waals surface area contributed by atoms with Gasteiger partial charge in [0.1, 0.15) is 0 Å². The largest absolute Gasteiger partial charge is 0.238 e. The molecule has 0 aliphatic heterocycles. The summed E-state index contributed by atoms with van der Waals surface area (Å²) in [6.45, 7) is 0. The van der Waals surface area contributed by atoms with Crippen molar-refractivity contribution in [2.45, 2.75) is 24.0 Å². The summed E-state index contributed by atoms with van der Waals surface area (Å²) in [4.78, 5) is 0. The molecule has 1 fully saturated rings. The summed E-state index contributed by atoms with van der Waals surface area (Å²) >= 11 is 3.34. The lowest BCUT2D eigenvalue weighted by Crippen LogP contribution is -2.20. The van der Waals surface area contributed by atoms with Crippen molar-refractivity contribution in [3.63, 3.8) is 0 Å². The molecule has 0 unspecified atom stereocenters. The van der Waals surface area contributed by atoms with Crippen molar-refractivity contribution in [1.29, 1.82) is 0 Å². The molecule has 0 amide bonds. The fraction of sp³-hybridized carbons (Fsp3) is 0.400. The molecule has 1 saturated carbocycles. The third-order valence-electron chi connectivity index (χ3n) is 2.76. The van der Waals surface area contributed by atoms with Gasteiger partial charge in [0, 0.05) is 15.2 Å². The van der Waals surface area contributed by atoms with Gasteiger partial charge in [0.25, 0.3) is 0 Å². The fourth-order valence-corrected chi connectivity index (χ4v) is 3.44. The SMILES string of the molecule is O=S(=O)(Cl)C1(Cc2ccc(Br)cc2)CC1. The average Bonchev–Trinajstić information content (AvgIpc) is 2.89. The van der Waals surface area contributed by atoms with Gasteiger partial charge in [-0.1, -0.05) is 28.1 Å². The van der Waals surface area contributed by atoms with E-state index in [4.69, 9.17) is 10.7 Å². The molecule has 1 aromatic rings. The molecule has 1 aliphatic carbocycles. The van der Waals surface area contributed by atoms with Crippen LogP contribution in [-0.4, -0.2) is 13.2 Å². The van der Waals surface area contributed by atoms with Gasteiger partial charge >= 0.3 is 0 Å². The molecule has 0 radical (unpaired) electrons. The normalized spacial score (nSPS) is 18.8. The standard InChI is InChI=1S/C10H10BrClO2S/c11-9-3-1-8(2-4-9)7-10(5-6-10)15(12,13)14/h1-4H,5-7H2. The molecule has 0 bridgehead atoms.